The van der Waals surface area contributed by atoms with Gasteiger partial charge in [-0.3, -0.25) is 4.79 Å². The summed E-state index contributed by atoms with van der Waals surface area (Å²) in [6.07, 6.45) is 0. The molecule has 0 unspecified atom stereocenters. The van der Waals surface area contributed by atoms with Gasteiger partial charge in [-0.2, -0.15) is 0 Å². The van der Waals surface area contributed by atoms with E-state index in [1.807, 2.05) is 38.1 Å². The van der Waals surface area contributed by atoms with Crippen molar-refractivity contribution in [2.45, 2.75) is 13.8 Å². The van der Waals surface area contributed by atoms with E-state index in [1.54, 1.807) is 53.2 Å². The van der Waals surface area contributed by atoms with Crippen LogP contribution in [0.4, 0.5) is 0 Å². The number of ether oxygens (including phenoxy) is 1. The van der Waals surface area contributed by atoms with Crippen molar-refractivity contribution < 1.29 is 14.3 Å². The molecule has 32 heavy (non-hydrogen) atoms. The molecule has 3 aromatic carbocycles. The van der Waals surface area contributed by atoms with Gasteiger partial charge in [0, 0.05) is 16.1 Å². The second-order valence-corrected chi connectivity index (χ2v) is 7.77. The summed E-state index contributed by atoms with van der Waals surface area (Å²) in [7, 11) is 0. The number of Topliss-reactive ketones (excluding diaryl/α,β-unsaturated/α-hetero) is 1. The molecular formula is C25H20ClN3O3. The smallest absolute Gasteiger partial charge is 0.378 e. The molecule has 1 aromatic heterocycles. The summed E-state index contributed by atoms with van der Waals surface area (Å²) in [5.41, 5.74) is 4.08. The van der Waals surface area contributed by atoms with E-state index in [-0.39, 0.29) is 11.6 Å². The maximum Gasteiger partial charge on any atom is 0.378 e. The van der Waals surface area contributed by atoms with Gasteiger partial charge in [-0.25, -0.2) is 14.5 Å². The number of nitrogens with zero attached hydrogens (tertiary/aromatic N) is 3. The van der Waals surface area contributed by atoms with Gasteiger partial charge < -0.3 is 4.74 Å². The SMILES string of the molecule is Cc1ccc(-n2nc(C(=O)OCC(=O)c3ccccc3)nc2-c2ccc(Cl)cc2)c(C)c1. The predicted octanol–water partition coefficient (Wildman–Crippen LogP) is 5.24. The number of rotatable bonds is 6. The number of benzene rings is 3. The molecule has 4 rings (SSSR count). The summed E-state index contributed by atoms with van der Waals surface area (Å²) < 4.78 is 6.81. The Morgan fingerprint density at radius 2 is 1.69 bits per heavy atom. The standard InChI is InChI=1S/C25H20ClN3O3/c1-16-8-13-21(17(2)14-16)29-24(19-9-11-20(26)12-10-19)27-23(28-29)25(31)32-15-22(30)18-6-4-3-5-7-18/h3-14H,15H2,1-2H3. The Labute approximate surface area is 190 Å². The van der Waals surface area contributed by atoms with Crippen molar-refractivity contribution in [2.24, 2.45) is 0 Å². The van der Waals surface area contributed by atoms with Gasteiger partial charge in [-0.05, 0) is 49.7 Å². The van der Waals surface area contributed by atoms with E-state index < -0.39 is 12.6 Å². The van der Waals surface area contributed by atoms with E-state index >= 15 is 0 Å². The number of ketones is 1. The lowest BCUT2D eigenvalue weighted by Gasteiger charge is -2.10. The van der Waals surface area contributed by atoms with Gasteiger partial charge in [0.1, 0.15) is 0 Å². The van der Waals surface area contributed by atoms with E-state index in [0.29, 0.717) is 16.4 Å². The van der Waals surface area contributed by atoms with Crippen LogP contribution in [-0.2, 0) is 4.74 Å². The Balaban J connectivity index is 1.66. The van der Waals surface area contributed by atoms with Crippen molar-refractivity contribution in [1.82, 2.24) is 14.8 Å². The Morgan fingerprint density at radius 1 is 0.969 bits per heavy atom. The summed E-state index contributed by atoms with van der Waals surface area (Å²) in [5.74, 6) is -0.732. The topological polar surface area (TPSA) is 74.1 Å². The first-order valence-corrected chi connectivity index (χ1v) is 10.4. The highest BCUT2D eigenvalue weighted by molar-refractivity contribution is 6.30. The van der Waals surface area contributed by atoms with Crippen LogP contribution in [0, 0.1) is 13.8 Å². The fraction of sp³-hybridized carbons (Fsp3) is 0.120. The number of aryl methyl sites for hydroxylation is 2. The van der Waals surface area contributed by atoms with Crippen molar-refractivity contribution >= 4 is 23.4 Å². The molecule has 0 saturated carbocycles. The van der Waals surface area contributed by atoms with Crippen LogP contribution in [0.3, 0.4) is 0 Å². The van der Waals surface area contributed by atoms with Crippen LogP contribution in [0.5, 0.6) is 0 Å². The van der Waals surface area contributed by atoms with E-state index in [1.165, 1.54) is 0 Å². The molecule has 0 spiro atoms. The molecule has 1 heterocycles. The third-order valence-corrected chi connectivity index (χ3v) is 5.15. The quantitative estimate of drug-likeness (QED) is 0.299. The molecule has 0 amide bonds. The minimum atomic E-state index is -0.770. The van der Waals surface area contributed by atoms with E-state index in [0.717, 1.165) is 22.4 Å². The highest BCUT2D eigenvalue weighted by atomic mass is 35.5. The Bertz CT molecular complexity index is 1280. The van der Waals surface area contributed by atoms with Crippen LogP contribution in [0.1, 0.15) is 32.1 Å². The lowest BCUT2D eigenvalue weighted by molar-refractivity contribution is 0.0462. The fourth-order valence-electron chi connectivity index (χ4n) is 3.30. The molecular weight excluding hydrogens is 426 g/mol. The van der Waals surface area contributed by atoms with Gasteiger partial charge in [0.2, 0.25) is 0 Å². The molecule has 0 aliphatic heterocycles. The van der Waals surface area contributed by atoms with Gasteiger partial charge >= 0.3 is 5.97 Å². The van der Waals surface area contributed by atoms with E-state index in [9.17, 15) is 9.59 Å². The zero-order chi connectivity index (χ0) is 22.7. The number of halogens is 1. The second-order valence-electron chi connectivity index (χ2n) is 7.33. The zero-order valence-electron chi connectivity index (χ0n) is 17.6. The molecule has 0 radical (unpaired) electrons. The van der Waals surface area contributed by atoms with E-state index in [2.05, 4.69) is 10.1 Å². The molecule has 0 atom stereocenters. The first-order chi connectivity index (χ1) is 15.4. The lowest BCUT2D eigenvalue weighted by Crippen LogP contribution is -2.15. The number of esters is 1. The predicted molar refractivity (Wildman–Crippen MR) is 122 cm³/mol. The molecule has 0 N–H and O–H groups in total. The second kappa shape index (κ2) is 9.16. The van der Waals surface area contributed by atoms with Crippen LogP contribution in [0.25, 0.3) is 17.1 Å². The molecule has 160 valence electrons. The van der Waals surface area contributed by atoms with Crippen molar-refractivity contribution in [3.63, 3.8) is 0 Å². The van der Waals surface area contributed by atoms with Crippen LogP contribution >= 0.6 is 11.6 Å². The third kappa shape index (κ3) is 4.60. The lowest BCUT2D eigenvalue weighted by atomic mass is 10.1. The number of aromatic nitrogens is 3. The maximum absolute atomic E-state index is 12.7. The van der Waals surface area contributed by atoms with Crippen LogP contribution in [0.15, 0.2) is 72.8 Å². The molecule has 0 aliphatic rings. The molecule has 0 aliphatic carbocycles. The van der Waals surface area contributed by atoms with Crippen LogP contribution in [0.2, 0.25) is 5.02 Å². The van der Waals surface area contributed by atoms with Gasteiger partial charge in [0.15, 0.2) is 18.2 Å². The minimum absolute atomic E-state index is 0.129. The van der Waals surface area contributed by atoms with Gasteiger partial charge in [0.05, 0.1) is 5.69 Å². The highest BCUT2D eigenvalue weighted by Gasteiger charge is 2.22. The monoisotopic (exact) mass is 445 g/mol. The minimum Gasteiger partial charge on any atom is -0.451 e. The molecule has 6 nitrogen and oxygen atoms in total. The molecule has 4 aromatic rings. The Hall–Kier alpha value is -3.77. The largest absolute Gasteiger partial charge is 0.451 e. The number of carbonyl (C=O) groups is 2. The van der Waals surface area contributed by atoms with Crippen molar-refractivity contribution in [3.8, 4) is 17.1 Å². The van der Waals surface area contributed by atoms with Crippen LogP contribution in [-0.4, -0.2) is 33.1 Å². The zero-order valence-corrected chi connectivity index (χ0v) is 18.3. The maximum atomic E-state index is 12.7. The average Bonchev–Trinajstić information content (AvgIpc) is 3.23. The Kier molecular flexibility index (Phi) is 6.14. The molecule has 7 heteroatoms. The summed E-state index contributed by atoms with van der Waals surface area (Å²) in [4.78, 5) is 29.4. The Morgan fingerprint density at radius 3 is 2.38 bits per heavy atom. The van der Waals surface area contributed by atoms with E-state index in [4.69, 9.17) is 16.3 Å². The normalized spacial score (nSPS) is 10.7. The number of hydrogen-bond donors (Lipinski definition) is 0. The fourth-order valence-corrected chi connectivity index (χ4v) is 3.42. The summed E-state index contributed by atoms with van der Waals surface area (Å²) >= 11 is 6.03. The van der Waals surface area contributed by atoms with Gasteiger partial charge in [-0.1, -0.05) is 59.6 Å². The summed E-state index contributed by atoms with van der Waals surface area (Å²) in [5, 5.41) is 5.00. The van der Waals surface area contributed by atoms with Gasteiger partial charge in [0.25, 0.3) is 5.82 Å². The first-order valence-electron chi connectivity index (χ1n) is 9.98. The molecule has 0 saturated heterocycles. The molecule has 0 bridgehead atoms. The van der Waals surface area contributed by atoms with Crippen molar-refractivity contribution in [3.05, 3.63) is 100 Å². The van der Waals surface area contributed by atoms with Crippen molar-refractivity contribution in [1.29, 1.82) is 0 Å². The molecule has 0 fully saturated rings. The third-order valence-electron chi connectivity index (χ3n) is 4.90. The summed E-state index contributed by atoms with van der Waals surface area (Å²) in [6.45, 7) is 3.58. The average molecular weight is 446 g/mol. The number of hydrogen-bond acceptors (Lipinski definition) is 5. The number of carbonyl (C=O) groups excluding carboxylic acids is 2. The van der Waals surface area contributed by atoms with Gasteiger partial charge in [-0.15, -0.1) is 5.10 Å². The van der Waals surface area contributed by atoms with Crippen LogP contribution < -0.4 is 0 Å². The van der Waals surface area contributed by atoms with Crippen molar-refractivity contribution in [2.75, 3.05) is 6.61 Å². The summed E-state index contributed by atoms with van der Waals surface area (Å²) in [6, 6.07) is 21.7. The highest BCUT2D eigenvalue weighted by Crippen LogP contribution is 2.25. The first kappa shape index (κ1) is 21.5.